The fraction of sp³-hybridized carbons (Fsp3) is 0.308. The first-order valence-corrected chi connectivity index (χ1v) is 6.07. The molecular formula is C13H15N3O3. The number of aromatic carboxylic acids is 1. The smallest absolute Gasteiger partial charge is 0.356 e. The van der Waals surface area contributed by atoms with E-state index < -0.39 is 12.0 Å². The van der Waals surface area contributed by atoms with Crippen LogP contribution in [0.1, 0.15) is 29.8 Å². The van der Waals surface area contributed by atoms with Gasteiger partial charge in [0.2, 0.25) is 0 Å². The van der Waals surface area contributed by atoms with Crippen LogP contribution in [0.3, 0.4) is 0 Å². The molecule has 3 N–H and O–H groups in total. The summed E-state index contributed by atoms with van der Waals surface area (Å²) in [6.07, 6.45) is 8.12. The summed E-state index contributed by atoms with van der Waals surface area (Å²) in [5.41, 5.74) is 0.0278. The number of aromatic nitrogens is 1. The molecule has 6 nitrogen and oxygen atoms in total. The van der Waals surface area contributed by atoms with Crippen molar-refractivity contribution >= 4 is 17.7 Å². The average Bonchev–Trinajstić information content (AvgIpc) is 2.40. The summed E-state index contributed by atoms with van der Waals surface area (Å²) in [4.78, 5) is 26.5. The Labute approximate surface area is 110 Å². The highest BCUT2D eigenvalue weighted by Gasteiger charge is 2.16. The van der Waals surface area contributed by atoms with Crippen molar-refractivity contribution in [3.8, 4) is 0 Å². The Balaban J connectivity index is 1.98. The van der Waals surface area contributed by atoms with Crippen LogP contribution in [-0.4, -0.2) is 28.1 Å². The number of carbonyl (C=O) groups excluding carboxylic acids is 1. The molecule has 1 unspecified atom stereocenters. The molecule has 1 aromatic rings. The van der Waals surface area contributed by atoms with E-state index in [0.29, 0.717) is 0 Å². The minimum Gasteiger partial charge on any atom is -0.476 e. The maximum Gasteiger partial charge on any atom is 0.356 e. The summed E-state index contributed by atoms with van der Waals surface area (Å²) < 4.78 is 0. The van der Waals surface area contributed by atoms with Gasteiger partial charge in [-0.15, -0.1) is 0 Å². The van der Waals surface area contributed by atoms with E-state index in [1.165, 1.54) is 12.3 Å². The molecule has 1 heterocycles. The summed E-state index contributed by atoms with van der Waals surface area (Å²) in [6.45, 7) is 0. The molecule has 0 spiro atoms. The number of rotatable bonds is 3. The van der Waals surface area contributed by atoms with Crippen LogP contribution in [0, 0.1) is 0 Å². The van der Waals surface area contributed by atoms with Gasteiger partial charge in [0.1, 0.15) is 0 Å². The standard InChI is InChI=1S/C13H15N3O3/c17-12(18)11-10(7-4-8-14-11)16-13(19)15-9-5-2-1-3-6-9/h1-2,4,7-9H,3,5-6H2,(H,17,18)(H2,15,16,19). The molecule has 19 heavy (non-hydrogen) atoms. The van der Waals surface area contributed by atoms with Gasteiger partial charge in [-0.2, -0.15) is 0 Å². The molecule has 0 saturated heterocycles. The molecule has 2 rings (SSSR count). The van der Waals surface area contributed by atoms with Crippen LogP contribution in [0.15, 0.2) is 30.5 Å². The molecule has 0 bridgehead atoms. The van der Waals surface area contributed by atoms with Crippen LogP contribution in [0.4, 0.5) is 10.5 Å². The van der Waals surface area contributed by atoms with Crippen LogP contribution in [0.25, 0.3) is 0 Å². The topological polar surface area (TPSA) is 91.3 Å². The Hall–Kier alpha value is -2.37. The second-order valence-corrected chi connectivity index (χ2v) is 4.28. The highest BCUT2D eigenvalue weighted by molar-refractivity contribution is 5.98. The van der Waals surface area contributed by atoms with E-state index in [-0.39, 0.29) is 17.4 Å². The van der Waals surface area contributed by atoms with E-state index in [9.17, 15) is 9.59 Å². The largest absolute Gasteiger partial charge is 0.476 e. The zero-order valence-corrected chi connectivity index (χ0v) is 10.3. The van der Waals surface area contributed by atoms with E-state index in [0.717, 1.165) is 19.3 Å². The van der Waals surface area contributed by atoms with Crippen LogP contribution >= 0.6 is 0 Å². The molecule has 1 aliphatic rings. The normalized spacial score (nSPS) is 17.8. The lowest BCUT2D eigenvalue weighted by Crippen LogP contribution is -2.38. The maximum atomic E-state index is 11.8. The third-order valence-corrected chi connectivity index (χ3v) is 2.86. The van der Waals surface area contributed by atoms with Gasteiger partial charge in [-0.1, -0.05) is 12.2 Å². The molecule has 0 radical (unpaired) electrons. The Bertz CT molecular complexity index is 514. The summed E-state index contributed by atoms with van der Waals surface area (Å²) in [5.74, 6) is -1.17. The van der Waals surface area contributed by atoms with Gasteiger partial charge in [0.25, 0.3) is 0 Å². The molecule has 0 fully saturated rings. The zero-order chi connectivity index (χ0) is 13.7. The van der Waals surface area contributed by atoms with Crippen molar-refractivity contribution in [3.05, 3.63) is 36.2 Å². The number of hydrogen-bond acceptors (Lipinski definition) is 3. The quantitative estimate of drug-likeness (QED) is 0.726. The summed E-state index contributed by atoms with van der Waals surface area (Å²) in [7, 11) is 0. The maximum absolute atomic E-state index is 11.8. The average molecular weight is 261 g/mol. The number of carbonyl (C=O) groups is 2. The van der Waals surface area contributed by atoms with Gasteiger partial charge >= 0.3 is 12.0 Å². The van der Waals surface area contributed by atoms with Crippen molar-refractivity contribution in [3.63, 3.8) is 0 Å². The van der Waals surface area contributed by atoms with Crippen molar-refractivity contribution in [2.24, 2.45) is 0 Å². The lowest BCUT2D eigenvalue weighted by Gasteiger charge is -2.19. The van der Waals surface area contributed by atoms with Gasteiger partial charge < -0.3 is 15.7 Å². The van der Waals surface area contributed by atoms with Gasteiger partial charge in [0.05, 0.1) is 5.69 Å². The number of hydrogen-bond donors (Lipinski definition) is 3. The first kappa shape index (κ1) is 13.1. The van der Waals surface area contributed by atoms with Gasteiger partial charge in [-0.25, -0.2) is 14.6 Å². The predicted octanol–water partition coefficient (Wildman–Crippen LogP) is 2.01. The second kappa shape index (κ2) is 5.99. The number of anilines is 1. The van der Waals surface area contributed by atoms with Crippen molar-refractivity contribution in [2.45, 2.75) is 25.3 Å². The number of pyridine rings is 1. The molecule has 2 amide bonds. The molecule has 100 valence electrons. The summed E-state index contributed by atoms with van der Waals surface area (Å²) in [5, 5.41) is 14.3. The number of nitrogens with zero attached hydrogens (tertiary/aromatic N) is 1. The van der Waals surface area contributed by atoms with Crippen molar-refractivity contribution in [2.75, 3.05) is 5.32 Å². The Morgan fingerprint density at radius 1 is 1.37 bits per heavy atom. The first-order valence-electron chi connectivity index (χ1n) is 6.07. The Morgan fingerprint density at radius 3 is 2.89 bits per heavy atom. The van der Waals surface area contributed by atoms with E-state index in [2.05, 4.69) is 21.7 Å². The lowest BCUT2D eigenvalue weighted by molar-refractivity contribution is 0.0692. The second-order valence-electron chi connectivity index (χ2n) is 4.28. The molecule has 1 aliphatic carbocycles. The van der Waals surface area contributed by atoms with Crippen molar-refractivity contribution in [1.82, 2.24) is 10.3 Å². The number of allylic oxidation sites excluding steroid dienone is 1. The highest BCUT2D eigenvalue weighted by Crippen LogP contribution is 2.13. The summed E-state index contributed by atoms with van der Waals surface area (Å²) >= 11 is 0. The first-order chi connectivity index (χ1) is 9.16. The van der Waals surface area contributed by atoms with Crippen LogP contribution in [0.5, 0.6) is 0 Å². The minimum absolute atomic E-state index is 0.0925. The van der Waals surface area contributed by atoms with E-state index in [1.807, 2.05) is 6.08 Å². The van der Waals surface area contributed by atoms with Crippen molar-refractivity contribution in [1.29, 1.82) is 0 Å². The number of urea groups is 1. The van der Waals surface area contributed by atoms with Crippen LogP contribution in [0.2, 0.25) is 0 Å². The fourth-order valence-corrected chi connectivity index (χ4v) is 1.95. The third kappa shape index (κ3) is 3.54. The number of amides is 2. The lowest BCUT2D eigenvalue weighted by atomic mass is 10.0. The molecular weight excluding hydrogens is 246 g/mol. The molecule has 6 heteroatoms. The zero-order valence-electron chi connectivity index (χ0n) is 10.3. The third-order valence-electron chi connectivity index (χ3n) is 2.86. The van der Waals surface area contributed by atoms with Gasteiger partial charge in [-0.05, 0) is 31.4 Å². The monoisotopic (exact) mass is 261 g/mol. The number of carboxylic acids is 1. The minimum atomic E-state index is -1.17. The highest BCUT2D eigenvalue weighted by atomic mass is 16.4. The van der Waals surface area contributed by atoms with Gasteiger partial charge in [-0.3, -0.25) is 0 Å². The number of nitrogens with one attached hydrogen (secondary N) is 2. The van der Waals surface area contributed by atoms with E-state index in [4.69, 9.17) is 5.11 Å². The summed E-state index contributed by atoms with van der Waals surface area (Å²) in [6, 6.07) is 2.77. The molecule has 0 aromatic carbocycles. The molecule has 0 saturated carbocycles. The SMILES string of the molecule is O=C(Nc1cccnc1C(=O)O)NC1CC=CCC1. The number of carboxylic acid groups (broad SMARTS) is 1. The predicted molar refractivity (Wildman–Crippen MR) is 70.1 cm³/mol. The van der Waals surface area contributed by atoms with E-state index >= 15 is 0 Å². The Morgan fingerprint density at radius 2 is 2.21 bits per heavy atom. The van der Waals surface area contributed by atoms with Gasteiger partial charge in [0, 0.05) is 12.2 Å². The fourth-order valence-electron chi connectivity index (χ4n) is 1.95. The van der Waals surface area contributed by atoms with Crippen molar-refractivity contribution < 1.29 is 14.7 Å². The van der Waals surface area contributed by atoms with Crippen LogP contribution in [-0.2, 0) is 0 Å². The van der Waals surface area contributed by atoms with E-state index in [1.54, 1.807) is 6.07 Å². The molecule has 1 aromatic heterocycles. The molecule has 0 aliphatic heterocycles. The van der Waals surface area contributed by atoms with Gasteiger partial charge in [0.15, 0.2) is 5.69 Å². The molecule has 1 atom stereocenters. The Kier molecular flexibility index (Phi) is 4.12. The van der Waals surface area contributed by atoms with Crippen LogP contribution < -0.4 is 10.6 Å².